The Balaban J connectivity index is 1.78. The summed E-state index contributed by atoms with van der Waals surface area (Å²) >= 11 is 5.63. The Morgan fingerprint density at radius 3 is 2.34 bits per heavy atom. The van der Waals surface area contributed by atoms with Gasteiger partial charge < -0.3 is 9.30 Å². The van der Waals surface area contributed by atoms with Gasteiger partial charge in [-0.2, -0.15) is 5.10 Å². The molecule has 1 heterocycles. The van der Waals surface area contributed by atoms with Crippen LogP contribution in [-0.2, 0) is 25.7 Å². The Morgan fingerprint density at radius 1 is 1.07 bits per heavy atom. The summed E-state index contributed by atoms with van der Waals surface area (Å²) in [7, 11) is 5.69. The molecule has 5 nitrogen and oxygen atoms in total. The zero-order valence-electron chi connectivity index (χ0n) is 18.1. The first-order chi connectivity index (χ1) is 13.7. The van der Waals surface area contributed by atoms with Gasteiger partial charge in [0.05, 0.1) is 19.3 Å². The number of benzene rings is 2. The molecule has 0 unspecified atom stereocenters. The number of methoxy groups -OCH3 is 1. The predicted molar refractivity (Wildman–Crippen MR) is 121 cm³/mol. The summed E-state index contributed by atoms with van der Waals surface area (Å²) in [6.45, 7) is 8.14. The number of para-hydroxylation sites is 1. The highest BCUT2D eigenvalue weighted by molar-refractivity contribution is 7.71. The van der Waals surface area contributed by atoms with Crippen molar-refractivity contribution >= 4 is 12.2 Å². The molecule has 3 aromatic rings. The lowest BCUT2D eigenvalue weighted by molar-refractivity contribution is 0.244. The van der Waals surface area contributed by atoms with E-state index >= 15 is 0 Å². The van der Waals surface area contributed by atoms with Crippen molar-refractivity contribution in [1.82, 2.24) is 19.2 Å². The highest BCUT2D eigenvalue weighted by atomic mass is 32.1. The van der Waals surface area contributed by atoms with E-state index in [1.807, 2.05) is 40.6 Å². The molecule has 6 heteroatoms. The van der Waals surface area contributed by atoms with Crippen LogP contribution in [-0.4, -0.2) is 33.4 Å². The first-order valence-corrected chi connectivity index (χ1v) is 10.2. The van der Waals surface area contributed by atoms with Crippen LogP contribution in [0.2, 0.25) is 0 Å². The molecule has 0 radical (unpaired) electrons. The van der Waals surface area contributed by atoms with Crippen LogP contribution >= 0.6 is 12.2 Å². The fourth-order valence-electron chi connectivity index (χ4n) is 3.34. The summed E-state index contributed by atoms with van der Waals surface area (Å²) < 4.78 is 9.96. The van der Waals surface area contributed by atoms with Crippen molar-refractivity contribution in [3.63, 3.8) is 0 Å². The lowest BCUT2D eigenvalue weighted by Crippen LogP contribution is -2.22. The molecule has 154 valence electrons. The number of hydrogen-bond acceptors (Lipinski definition) is 4. The molecule has 3 rings (SSSR count). The third-order valence-electron chi connectivity index (χ3n) is 5.04. The van der Waals surface area contributed by atoms with Crippen molar-refractivity contribution in [2.24, 2.45) is 7.05 Å². The third kappa shape index (κ3) is 4.77. The standard InChI is InChI=1S/C23H30N4OS/c1-23(2,3)18-13-11-17(12-14-18)15-25(4)16-27-22(29)26(5)21(24-27)19-9-7-8-10-20(19)28-6/h7-14H,15-16H2,1-6H3. The Bertz CT molecular complexity index is 1030. The summed E-state index contributed by atoms with van der Waals surface area (Å²) in [4.78, 5) is 2.21. The van der Waals surface area contributed by atoms with E-state index in [0.717, 1.165) is 23.7 Å². The van der Waals surface area contributed by atoms with E-state index in [0.29, 0.717) is 11.4 Å². The predicted octanol–water partition coefficient (Wildman–Crippen LogP) is 5.01. The van der Waals surface area contributed by atoms with E-state index in [1.54, 1.807) is 7.11 Å². The molecular weight excluding hydrogens is 380 g/mol. The van der Waals surface area contributed by atoms with Gasteiger partial charge in [0, 0.05) is 13.6 Å². The molecule has 2 aromatic carbocycles. The maximum Gasteiger partial charge on any atom is 0.199 e. The quantitative estimate of drug-likeness (QED) is 0.535. The van der Waals surface area contributed by atoms with Crippen molar-refractivity contribution in [2.75, 3.05) is 14.2 Å². The van der Waals surface area contributed by atoms with Crippen LogP contribution in [0.1, 0.15) is 31.9 Å². The molecule has 0 atom stereocenters. The Morgan fingerprint density at radius 2 is 1.72 bits per heavy atom. The van der Waals surface area contributed by atoms with Crippen LogP contribution in [0.5, 0.6) is 5.75 Å². The SMILES string of the molecule is COc1ccccc1-c1nn(CN(C)Cc2ccc(C(C)(C)C)cc2)c(=S)n1C. The van der Waals surface area contributed by atoms with Gasteiger partial charge in [0.2, 0.25) is 0 Å². The van der Waals surface area contributed by atoms with Gasteiger partial charge in [0.15, 0.2) is 10.6 Å². The molecule has 0 saturated heterocycles. The van der Waals surface area contributed by atoms with Gasteiger partial charge in [-0.05, 0) is 47.9 Å². The Kier molecular flexibility index (Phi) is 6.24. The lowest BCUT2D eigenvalue weighted by atomic mass is 9.87. The number of nitrogens with zero attached hydrogens (tertiary/aromatic N) is 4. The number of aromatic nitrogens is 3. The molecule has 0 aliphatic rings. The summed E-state index contributed by atoms with van der Waals surface area (Å²) in [6.07, 6.45) is 0. The van der Waals surface area contributed by atoms with E-state index in [-0.39, 0.29) is 5.41 Å². The van der Waals surface area contributed by atoms with Gasteiger partial charge in [-0.15, -0.1) is 0 Å². The van der Waals surface area contributed by atoms with Crippen LogP contribution in [0.15, 0.2) is 48.5 Å². The van der Waals surface area contributed by atoms with Crippen LogP contribution < -0.4 is 4.74 Å². The van der Waals surface area contributed by atoms with Gasteiger partial charge in [0.25, 0.3) is 0 Å². The molecule has 29 heavy (non-hydrogen) atoms. The van der Waals surface area contributed by atoms with Crippen molar-refractivity contribution in [3.8, 4) is 17.1 Å². The number of rotatable bonds is 6. The average molecular weight is 411 g/mol. The molecule has 0 amide bonds. The second kappa shape index (κ2) is 8.51. The van der Waals surface area contributed by atoms with Crippen LogP contribution in [0.25, 0.3) is 11.4 Å². The van der Waals surface area contributed by atoms with Crippen molar-refractivity contribution in [2.45, 2.75) is 39.4 Å². The summed E-state index contributed by atoms with van der Waals surface area (Å²) in [5.41, 5.74) is 3.72. The van der Waals surface area contributed by atoms with E-state index in [9.17, 15) is 0 Å². The lowest BCUT2D eigenvalue weighted by Gasteiger charge is -2.20. The first-order valence-electron chi connectivity index (χ1n) is 9.76. The van der Waals surface area contributed by atoms with Crippen LogP contribution in [0, 0.1) is 4.77 Å². The summed E-state index contributed by atoms with van der Waals surface area (Å²) in [6, 6.07) is 16.7. The van der Waals surface area contributed by atoms with Crippen LogP contribution in [0.3, 0.4) is 0 Å². The molecule has 0 aliphatic heterocycles. The zero-order chi connectivity index (χ0) is 21.2. The van der Waals surface area contributed by atoms with E-state index in [4.69, 9.17) is 22.1 Å². The van der Waals surface area contributed by atoms with Crippen molar-refractivity contribution in [3.05, 3.63) is 64.4 Å². The summed E-state index contributed by atoms with van der Waals surface area (Å²) in [5, 5.41) is 4.77. The minimum Gasteiger partial charge on any atom is -0.496 e. The maximum atomic E-state index is 5.63. The van der Waals surface area contributed by atoms with E-state index in [2.05, 4.69) is 57.0 Å². The molecule has 0 N–H and O–H groups in total. The Hall–Kier alpha value is -2.44. The normalized spacial score (nSPS) is 11.8. The maximum absolute atomic E-state index is 5.63. The van der Waals surface area contributed by atoms with Gasteiger partial charge in [-0.3, -0.25) is 4.90 Å². The highest BCUT2D eigenvalue weighted by Crippen LogP contribution is 2.28. The van der Waals surface area contributed by atoms with Crippen molar-refractivity contribution in [1.29, 1.82) is 0 Å². The molecule has 0 spiro atoms. The van der Waals surface area contributed by atoms with Crippen molar-refractivity contribution < 1.29 is 4.74 Å². The molecule has 0 aliphatic carbocycles. The Labute approximate surface area is 178 Å². The fraction of sp³-hybridized carbons (Fsp3) is 0.391. The molecule has 0 saturated carbocycles. The second-order valence-corrected chi connectivity index (χ2v) is 8.83. The number of hydrogen-bond donors (Lipinski definition) is 0. The minimum absolute atomic E-state index is 0.167. The summed E-state index contributed by atoms with van der Waals surface area (Å²) in [5.74, 6) is 1.59. The fourth-order valence-corrected chi connectivity index (χ4v) is 3.53. The minimum atomic E-state index is 0.167. The topological polar surface area (TPSA) is 35.2 Å². The molecular formula is C23H30N4OS. The zero-order valence-corrected chi connectivity index (χ0v) is 19.0. The molecule has 1 aromatic heterocycles. The van der Waals surface area contributed by atoms with Gasteiger partial charge in [0.1, 0.15) is 5.75 Å². The number of ether oxygens (including phenoxy) is 1. The van der Waals surface area contributed by atoms with Crippen LogP contribution in [0.4, 0.5) is 0 Å². The molecule has 0 fully saturated rings. The van der Waals surface area contributed by atoms with Gasteiger partial charge in [-0.25, -0.2) is 4.68 Å². The largest absolute Gasteiger partial charge is 0.496 e. The molecule has 0 bridgehead atoms. The van der Waals surface area contributed by atoms with E-state index in [1.165, 1.54) is 11.1 Å². The third-order valence-corrected chi connectivity index (χ3v) is 5.52. The van der Waals surface area contributed by atoms with Gasteiger partial charge >= 0.3 is 0 Å². The second-order valence-electron chi connectivity index (χ2n) is 8.47. The average Bonchev–Trinajstić information content (AvgIpc) is 2.96. The van der Waals surface area contributed by atoms with E-state index < -0.39 is 0 Å². The smallest absolute Gasteiger partial charge is 0.199 e. The van der Waals surface area contributed by atoms with Gasteiger partial charge in [-0.1, -0.05) is 57.2 Å². The highest BCUT2D eigenvalue weighted by Gasteiger charge is 2.16. The first kappa shape index (κ1) is 21.3. The monoisotopic (exact) mass is 410 g/mol.